The highest BCUT2D eigenvalue weighted by molar-refractivity contribution is 7.08. The van der Waals surface area contributed by atoms with Crippen molar-refractivity contribution < 1.29 is 4.74 Å². The molecular weight excluding hydrogens is 144 g/mol. The van der Waals surface area contributed by atoms with Gasteiger partial charge in [-0.25, -0.2) is 0 Å². The van der Waals surface area contributed by atoms with E-state index in [1.165, 1.54) is 0 Å². The Hall–Kier alpha value is -0.760. The fourth-order valence-electron chi connectivity index (χ4n) is 0.575. The van der Waals surface area contributed by atoms with Crippen LogP contribution in [-0.4, -0.2) is 6.61 Å². The smallest absolute Gasteiger partial charge is 0.130 e. The highest BCUT2D eigenvalue weighted by Crippen LogP contribution is 2.14. The highest BCUT2D eigenvalue weighted by atomic mass is 32.1. The molecule has 2 heteroatoms. The fraction of sp³-hybridized carbons (Fsp3) is 0.250. The summed E-state index contributed by atoms with van der Waals surface area (Å²) in [4.78, 5) is 0. The molecule has 0 saturated heterocycles. The number of hydrogen-bond acceptors (Lipinski definition) is 2. The Kier molecular flexibility index (Phi) is 3.03. The van der Waals surface area contributed by atoms with Crippen LogP contribution in [0.3, 0.4) is 0 Å². The molecule has 0 aliphatic heterocycles. The predicted molar refractivity (Wildman–Crippen MR) is 44.6 cm³/mol. The van der Waals surface area contributed by atoms with Crippen LogP contribution >= 0.6 is 11.3 Å². The molecule has 1 rings (SSSR count). The molecule has 10 heavy (non-hydrogen) atoms. The lowest BCUT2D eigenvalue weighted by Gasteiger charge is -1.96. The van der Waals surface area contributed by atoms with E-state index in [9.17, 15) is 0 Å². The van der Waals surface area contributed by atoms with E-state index in [4.69, 9.17) is 4.74 Å². The molecule has 1 nitrogen and oxygen atoms in total. The van der Waals surface area contributed by atoms with Gasteiger partial charge in [-0.2, -0.15) is 0 Å². The molecule has 0 spiro atoms. The summed E-state index contributed by atoms with van der Waals surface area (Å²) in [6, 6.07) is 1.97. The molecule has 0 aromatic carbocycles. The molecule has 1 aromatic heterocycles. The predicted octanol–water partition coefficient (Wildman–Crippen LogP) is 2.70. The maximum Gasteiger partial charge on any atom is 0.130 e. The molecule has 0 radical (unpaired) electrons. The van der Waals surface area contributed by atoms with Crippen LogP contribution in [0.1, 0.15) is 6.92 Å². The maximum atomic E-state index is 5.31. The van der Waals surface area contributed by atoms with Gasteiger partial charge < -0.3 is 4.74 Å². The molecule has 0 aliphatic rings. The quantitative estimate of drug-likeness (QED) is 0.608. The zero-order valence-electron chi connectivity index (χ0n) is 5.91. The lowest BCUT2D eigenvalue weighted by atomic mass is 10.5. The van der Waals surface area contributed by atoms with Gasteiger partial charge in [0.2, 0.25) is 0 Å². The van der Waals surface area contributed by atoms with Gasteiger partial charge in [-0.15, -0.1) is 11.3 Å². The van der Waals surface area contributed by atoms with Crippen LogP contribution in [0.15, 0.2) is 29.0 Å². The van der Waals surface area contributed by atoms with E-state index < -0.39 is 0 Å². The van der Waals surface area contributed by atoms with Gasteiger partial charge in [-0.3, -0.25) is 0 Å². The summed E-state index contributed by atoms with van der Waals surface area (Å²) >= 11 is 1.65. The zero-order chi connectivity index (χ0) is 7.23. The van der Waals surface area contributed by atoms with Crippen molar-refractivity contribution in [1.29, 1.82) is 0 Å². The molecule has 0 N–H and O–H groups in total. The van der Waals surface area contributed by atoms with Crippen molar-refractivity contribution in [3.63, 3.8) is 0 Å². The Bertz CT molecular complexity index is 189. The molecule has 0 fully saturated rings. The Morgan fingerprint density at radius 1 is 1.70 bits per heavy atom. The molecule has 0 aliphatic carbocycles. The SMILES string of the molecule is C/C=C/COc1ccsc1. The van der Waals surface area contributed by atoms with Gasteiger partial charge in [0, 0.05) is 5.38 Å². The first kappa shape index (κ1) is 7.35. The minimum atomic E-state index is 0.674. The van der Waals surface area contributed by atoms with Crippen molar-refractivity contribution >= 4 is 11.3 Å². The first-order valence-electron chi connectivity index (χ1n) is 3.19. The topological polar surface area (TPSA) is 9.23 Å². The van der Waals surface area contributed by atoms with Crippen molar-refractivity contribution in [1.82, 2.24) is 0 Å². The van der Waals surface area contributed by atoms with E-state index >= 15 is 0 Å². The van der Waals surface area contributed by atoms with Gasteiger partial charge >= 0.3 is 0 Å². The van der Waals surface area contributed by atoms with Crippen LogP contribution in [0.25, 0.3) is 0 Å². The number of rotatable bonds is 3. The third kappa shape index (κ3) is 2.23. The summed E-state index contributed by atoms with van der Waals surface area (Å²) in [6.45, 7) is 2.66. The van der Waals surface area contributed by atoms with Crippen molar-refractivity contribution in [3.05, 3.63) is 29.0 Å². The van der Waals surface area contributed by atoms with Gasteiger partial charge in [-0.1, -0.05) is 12.2 Å². The Morgan fingerprint density at radius 3 is 3.20 bits per heavy atom. The molecule has 1 aromatic rings. The zero-order valence-corrected chi connectivity index (χ0v) is 6.73. The molecule has 0 saturated carbocycles. The number of thiophene rings is 1. The van der Waals surface area contributed by atoms with Crippen LogP contribution < -0.4 is 4.74 Å². The molecule has 0 unspecified atom stereocenters. The van der Waals surface area contributed by atoms with E-state index in [2.05, 4.69) is 0 Å². The molecule has 54 valence electrons. The van der Waals surface area contributed by atoms with Crippen molar-refractivity contribution in [2.24, 2.45) is 0 Å². The first-order valence-corrected chi connectivity index (χ1v) is 4.14. The normalized spacial score (nSPS) is 10.5. The molecule has 1 heterocycles. The first-order chi connectivity index (χ1) is 4.93. The van der Waals surface area contributed by atoms with E-state index in [0.717, 1.165) is 5.75 Å². The summed E-state index contributed by atoms with van der Waals surface area (Å²) in [5.41, 5.74) is 0. The minimum Gasteiger partial charge on any atom is -0.489 e. The van der Waals surface area contributed by atoms with E-state index in [0.29, 0.717) is 6.61 Å². The number of allylic oxidation sites excluding steroid dienone is 1. The van der Waals surface area contributed by atoms with Crippen LogP contribution in [0, 0.1) is 0 Å². The molecular formula is C8H10OS. The van der Waals surface area contributed by atoms with Crippen molar-refractivity contribution in [2.75, 3.05) is 6.61 Å². The molecule has 0 bridgehead atoms. The second kappa shape index (κ2) is 4.12. The number of ether oxygens (including phenoxy) is 1. The van der Waals surface area contributed by atoms with Crippen molar-refractivity contribution in [2.45, 2.75) is 6.92 Å². The van der Waals surface area contributed by atoms with E-state index in [1.54, 1.807) is 11.3 Å². The monoisotopic (exact) mass is 154 g/mol. The maximum absolute atomic E-state index is 5.31. The van der Waals surface area contributed by atoms with Crippen LogP contribution in [0.5, 0.6) is 5.75 Å². The number of hydrogen-bond donors (Lipinski definition) is 0. The largest absolute Gasteiger partial charge is 0.489 e. The van der Waals surface area contributed by atoms with Gasteiger partial charge in [0.1, 0.15) is 12.4 Å². The van der Waals surface area contributed by atoms with Gasteiger partial charge in [0.15, 0.2) is 0 Å². The minimum absolute atomic E-state index is 0.674. The third-order valence-corrected chi connectivity index (χ3v) is 1.74. The third-order valence-electron chi connectivity index (χ3n) is 1.08. The second-order valence-corrected chi connectivity index (χ2v) is 2.62. The molecule has 0 atom stereocenters. The average Bonchev–Trinajstić information content (AvgIpc) is 2.41. The Labute approximate surface area is 65.0 Å². The van der Waals surface area contributed by atoms with Gasteiger partial charge in [-0.05, 0) is 18.4 Å². The fourth-order valence-corrected chi connectivity index (χ4v) is 1.15. The Balaban J connectivity index is 2.28. The second-order valence-electron chi connectivity index (χ2n) is 1.84. The van der Waals surface area contributed by atoms with Crippen LogP contribution in [0.2, 0.25) is 0 Å². The van der Waals surface area contributed by atoms with Crippen LogP contribution in [0.4, 0.5) is 0 Å². The van der Waals surface area contributed by atoms with Crippen molar-refractivity contribution in [3.8, 4) is 5.75 Å². The summed E-state index contributed by atoms with van der Waals surface area (Å²) in [7, 11) is 0. The standard InChI is InChI=1S/C8H10OS/c1-2-3-5-9-8-4-6-10-7-8/h2-4,6-7H,5H2,1H3/b3-2+. The highest BCUT2D eigenvalue weighted by Gasteiger charge is 1.87. The van der Waals surface area contributed by atoms with Gasteiger partial charge in [0.05, 0.1) is 0 Å². The lowest BCUT2D eigenvalue weighted by molar-refractivity contribution is 0.364. The summed E-state index contributed by atoms with van der Waals surface area (Å²) < 4.78 is 5.31. The lowest BCUT2D eigenvalue weighted by Crippen LogP contribution is -1.90. The Morgan fingerprint density at radius 2 is 2.60 bits per heavy atom. The van der Waals surface area contributed by atoms with E-state index in [-0.39, 0.29) is 0 Å². The average molecular weight is 154 g/mol. The van der Waals surface area contributed by atoms with Gasteiger partial charge in [0.25, 0.3) is 0 Å². The molecule has 0 amide bonds. The summed E-state index contributed by atoms with van der Waals surface area (Å²) in [5, 5.41) is 3.99. The summed E-state index contributed by atoms with van der Waals surface area (Å²) in [6.07, 6.45) is 3.96. The van der Waals surface area contributed by atoms with Crippen LogP contribution in [-0.2, 0) is 0 Å². The van der Waals surface area contributed by atoms with E-state index in [1.807, 2.05) is 35.9 Å². The summed E-state index contributed by atoms with van der Waals surface area (Å²) in [5.74, 6) is 0.961.